The molecule has 1 heterocycles. The molecule has 142 valence electrons. The van der Waals surface area contributed by atoms with Crippen molar-refractivity contribution in [3.63, 3.8) is 0 Å². The van der Waals surface area contributed by atoms with Crippen LogP contribution >= 0.6 is 0 Å². The minimum atomic E-state index is -2.43. The second-order valence-electron chi connectivity index (χ2n) is 7.93. The number of anilines is 2. The topological polar surface area (TPSA) is 6.48 Å². The molecule has 26 heavy (non-hydrogen) atoms. The normalized spacial score (nSPS) is 17.4. The third kappa shape index (κ3) is 3.26. The third-order valence-electron chi connectivity index (χ3n) is 5.12. The van der Waals surface area contributed by atoms with E-state index < -0.39 is 19.0 Å². The van der Waals surface area contributed by atoms with Gasteiger partial charge in [0.2, 0.25) is 0 Å². The Morgan fingerprint density at radius 2 is 1.27 bits per heavy atom. The fraction of sp³-hybridized carbons (Fsp3) is 0.391. The van der Waals surface area contributed by atoms with Gasteiger partial charge in [-0.3, -0.25) is 0 Å². The van der Waals surface area contributed by atoms with Gasteiger partial charge in [-0.05, 0) is 0 Å². The number of aryl methyl sites for hydroxylation is 1. The summed E-state index contributed by atoms with van der Waals surface area (Å²) in [7, 11) is 0. The van der Waals surface area contributed by atoms with Gasteiger partial charge in [0, 0.05) is 0 Å². The Labute approximate surface area is 164 Å². The first kappa shape index (κ1) is 19.3. The van der Waals surface area contributed by atoms with Crippen LogP contribution in [0.2, 0.25) is 0 Å². The number of para-hydroxylation sites is 2. The van der Waals surface area contributed by atoms with Crippen LogP contribution in [0.25, 0.3) is 0 Å². The van der Waals surface area contributed by atoms with Crippen LogP contribution in [-0.2, 0) is 0 Å². The maximum absolute atomic E-state index is 2.64. The molecule has 3 rings (SSSR count). The van der Waals surface area contributed by atoms with Crippen molar-refractivity contribution in [2.75, 3.05) is 16.1 Å². The average Bonchev–Trinajstić information content (AvgIpc) is 2.89. The molecular weight excluding hydrogens is 431 g/mol. The summed E-state index contributed by atoms with van der Waals surface area (Å²) in [6.07, 6.45) is 4.64. The second-order valence-corrected chi connectivity index (χ2v) is 16.5. The Balaban J connectivity index is 2.12. The summed E-state index contributed by atoms with van der Waals surface area (Å²) in [5.41, 5.74) is 7.07. The van der Waals surface area contributed by atoms with Crippen LogP contribution in [0.3, 0.4) is 0 Å². The molecule has 2 nitrogen and oxygen atoms in total. The van der Waals surface area contributed by atoms with E-state index in [1.165, 1.54) is 28.1 Å². The number of alkyl halides is 2. The van der Waals surface area contributed by atoms with E-state index in [1.54, 1.807) is 0 Å². The van der Waals surface area contributed by atoms with E-state index in [9.17, 15) is 0 Å². The van der Waals surface area contributed by atoms with Crippen LogP contribution in [0.4, 0.5) is 11.4 Å². The first-order valence-electron chi connectivity index (χ1n) is 9.35. The molecule has 0 spiro atoms. The predicted molar refractivity (Wildman–Crippen MR) is 112 cm³/mol. The van der Waals surface area contributed by atoms with Crippen LogP contribution in [0.5, 0.6) is 0 Å². The summed E-state index contributed by atoms with van der Waals surface area (Å²) in [6, 6.07) is 15.6. The van der Waals surface area contributed by atoms with Crippen molar-refractivity contribution in [2.45, 2.75) is 46.5 Å². The first-order chi connectivity index (χ1) is 12.2. The van der Waals surface area contributed by atoms with E-state index in [0.717, 1.165) is 0 Å². The van der Waals surface area contributed by atoms with Gasteiger partial charge in [0.15, 0.2) is 0 Å². The molecule has 0 saturated carbocycles. The van der Waals surface area contributed by atoms with Crippen molar-refractivity contribution in [1.82, 2.24) is 0 Å². The molecule has 0 bridgehead atoms. The Kier molecular flexibility index (Phi) is 5.38. The fourth-order valence-corrected chi connectivity index (χ4v) is 9.54. The SMILES string of the molecule is Cc1ccccc1N1C=CN(c2c(C(C)C)cccc2C(C)C)[I-]1(C)C. The first-order valence-corrected chi connectivity index (χ1v) is 15.6. The van der Waals surface area contributed by atoms with Crippen LogP contribution in [-0.4, -0.2) is 9.86 Å². The van der Waals surface area contributed by atoms with Crippen molar-refractivity contribution in [3.05, 3.63) is 71.6 Å². The van der Waals surface area contributed by atoms with E-state index in [-0.39, 0.29) is 0 Å². The zero-order valence-electron chi connectivity index (χ0n) is 17.1. The van der Waals surface area contributed by atoms with Gasteiger partial charge in [0.1, 0.15) is 0 Å². The van der Waals surface area contributed by atoms with Gasteiger partial charge < -0.3 is 0 Å². The van der Waals surface area contributed by atoms with Crippen LogP contribution < -0.4 is 25.2 Å². The Morgan fingerprint density at radius 3 is 1.81 bits per heavy atom. The van der Waals surface area contributed by atoms with Gasteiger partial charge in [-0.15, -0.1) is 0 Å². The van der Waals surface area contributed by atoms with E-state index in [1.807, 2.05) is 0 Å². The molecule has 1 aliphatic rings. The van der Waals surface area contributed by atoms with Gasteiger partial charge in [-0.25, -0.2) is 0 Å². The summed E-state index contributed by atoms with van der Waals surface area (Å²) >= 11 is -2.43. The molecule has 1 aliphatic heterocycles. The molecule has 0 aromatic heterocycles. The van der Waals surface area contributed by atoms with Crippen LogP contribution in [0, 0.1) is 6.92 Å². The molecule has 0 aliphatic carbocycles. The number of halogens is 1. The number of rotatable bonds is 4. The number of nitrogens with zero attached hydrogens (tertiary/aromatic N) is 2. The van der Waals surface area contributed by atoms with E-state index in [0.29, 0.717) is 11.8 Å². The van der Waals surface area contributed by atoms with Crippen molar-refractivity contribution in [3.8, 4) is 0 Å². The average molecular weight is 463 g/mol. The summed E-state index contributed by atoms with van der Waals surface area (Å²) < 4.78 is 5.21. The summed E-state index contributed by atoms with van der Waals surface area (Å²) in [4.78, 5) is 4.97. The fourth-order valence-electron chi connectivity index (χ4n) is 3.63. The van der Waals surface area contributed by atoms with Gasteiger partial charge >= 0.3 is 164 Å². The molecule has 0 fully saturated rings. The Morgan fingerprint density at radius 1 is 0.731 bits per heavy atom. The number of hydrogen-bond donors (Lipinski definition) is 0. The molecule has 3 heteroatoms. The second kappa shape index (κ2) is 7.26. The van der Waals surface area contributed by atoms with Crippen molar-refractivity contribution < 1.29 is 19.0 Å². The number of hydrogen-bond acceptors (Lipinski definition) is 2. The van der Waals surface area contributed by atoms with Crippen molar-refractivity contribution >= 4 is 11.4 Å². The van der Waals surface area contributed by atoms with Gasteiger partial charge in [0.05, 0.1) is 0 Å². The summed E-state index contributed by atoms with van der Waals surface area (Å²) in [5, 5.41) is 0. The molecule has 0 saturated heterocycles. The van der Waals surface area contributed by atoms with Gasteiger partial charge in [0.25, 0.3) is 0 Å². The molecule has 2 aromatic rings. The Bertz CT molecular complexity index is 794. The molecule has 0 unspecified atom stereocenters. The Hall–Kier alpha value is -1.49. The van der Waals surface area contributed by atoms with E-state index in [2.05, 4.69) is 106 Å². The van der Waals surface area contributed by atoms with Crippen molar-refractivity contribution in [2.24, 2.45) is 0 Å². The molecule has 2 aromatic carbocycles. The van der Waals surface area contributed by atoms with E-state index in [4.69, 9.17) is 0 Å². The van der Waals surface area contributed by atoms with Crippen molar-refractivity contribution in [1.29, 1.82) is 0 Å². The number of benzene rings is 2. The maximum atomic E-state index is 2.64. The molecular formula is C23H32IN2-. The zero-order chi connectivity index (χ0) is 19.1. The summed E-state index contributed by atoms with van der Waals surface area (Å²) in [5.74, 6) is 1.03. The third-order valence-corrected chi connectivity index (χ3v) is 11.9. The predicted octanol–water partition coefficient (Wildman–Crippen LogP) is 3.29. The zero-order valence-corrected chi connectivity index (χ0v) is 19.3. The standard InChI is InChI=1S/C23H32IN2/c1-17(2)20-12-10-13-21(18(3)4)23(20)26-16-15-25(24(26,6)7)22-14-9-8-11-19(22)5/h8-18H,1-7H3/q-1. The molecule has 0 radical (unpaired) electrons. The van der Waals surface area contributed by atoms with Gasteiger partial charge in [-0.2, -0.15) is 0 Å². The molecule has 0 amide bonds. The minimum absolute atomic E-state index is 0.515. The van der Waals surface area contributed by atoms with Crippen LogP contribution in [0.1, 0.15) is 56.2 Å². The monoisotopic (exact) mass is 463 g/mol. The molecule has 0 atom stereocenters. The quantitative estimate of drug-likeness (QED) is 0.390. The summed E-state index contributed by atoms with van der Waals surface area (Å²) in [6.45, 7) is 11.4. The van der Waals surface area contributed by atoms with E-state index >= 15 is 0 Å². The van der Waals surface area contributed by atoms with Crippen LogP contribution in [0.15, 0.2) is 54.9 Å². The van der Waals surface area contributed by atoms with Gasteiger partial charge in [-0.1, -0.05) is 0 Å². The molecule has 0 N–H and O–H groups in total.